The minimum atomic E-state index is 0. The van der Waals surface area contributed by atoms with Gasteiger partial charge in [-0.05, 0) is 33.7 Å². The Hall–Kier alpha value is -0.590. The smallest absolute Gasteiger partial charge is 0.194 e. The maximum atomic E-state index is 5.43. The van der Waals surface area contributed by atoms with E-state index in [4.69, 9.17) is 9.73 Å². The fourth-order valence-electron chi connectivity index (χ4n) is 3.53. The molecule has 0 spiro atoms. The van der Waals surface area contributed by atoms with Gasteiger partial charge in [0.2, 0.25) is 0 Å². The van der Waals surface area contributed by atoms with Gasteiger partial charge in [0.25, 0.3) is 0 Å². The zero-order valence-electron chi connectivity index (χ0n) is 18.2. The van der Waals surface area contributed by atoms with Crippen LogP contribution in [0.3, 0.4) is 0 Å². The van der Waals surface area contributed by atoms with E-state index in [2.05, 4.69) is 39.2 Å². The summed E-state index contributed by atoms with van der Waals surface area (Å²) in [6.45, 7) is 15.0. The molecule has 1 aromatic heterocycles. The second-order valence-corrected chi connectivity index (χ2v) is 9.93. The minimum absolute atomic E-state index is 0. The largest absolute Gasteiger partial charge is 0.379 e. The molecule has 3 heterocycles. The molecule has 0 bridgehead atoms. The van der Waals surface area contributed by atoms with E-state index in [0.29, 0.717) is 6.54 Å². The van der Waals surface area contributed by atoms with E-state index in [0.717, 1.165) is 82.3 Å². The standard InChI is InChI=1S/C19H35N7OS.HI/c1-16-22-23-17(24(16)4)14-21-18(26-10-13-28-19(2,3)15-26)20-6-5-7-25-8-11-27-12-9-25;/h5-15H2,1-4H3,(H,20,21);1H. The third kappa shape index (κ3) is 7.55. The van der Waals surface area contributed by atoms with Crippen molar-refractivity contribution in [1.29, 1.82) is 0 Å². The third-order valence-corrected chi connectivity index (χ3v) is 6.61. The fraction of sp³-hybridized carbons (Fsp3) is 0.842. The van der Waals surface area contributed by atoms with Gasteiger partial charge in [-0.25, -0.2) is 4.99 Å². The lowest BCUT2D eigenvalue weighted by molar-refractivity contribution is 0.0375. The van der Waals surface area contributed by atoms with E-state index >= 15 is 0 Å². The highest BCUT2D eigenvalue weighted by Gasteiger charge is 2.28. The number of aliphatic imine (C=N–C) groups is 1. The molecule has 0 unspecified atom stereocenters. The minimum Gasteiger partial charge on any atom is -0.379 e. The predicted octanol–water partition coefficient (Wildman–Crippen LogP) is 1.74. The van der Waals surface area contributed by atoms with Crippen molar-refractivity contribution in [2.24, 2.45) is 12.0 Å². The monoisotopic (exact) mass is 537 g/mol. The van der Waals surface area contributed by atoms with Crippen molar-refractivity contribution < 1.29 is 4.74 Å². The molecule has 0 saturated carbocycles. The Labute approximate surface area is 196 Å². The Morgan fingerprint density at radius 1 is 1.24 bits per heavy atom. The molecule has 2 fully saturated rings. The number of hydrogen-bond donors (Lipinski definition) is 1. The Kier molecular flexibility index (Phi) is 9.96. The summed E-state index contributed by atoms with van der Waals surface area (Å²) in [6, 6.07) is 0. The van der Waals surface area contributed by atoms with Crippen molar-refractivity contribution in [3.05, 3.63) is 11.6 Å². The van der Waals surface area contributed by atoms with Crippen LogP contribution in [0.2, 0.25) is 0 Å². The first-order valence-corrected chi connectivity index (χ1v) is 11.3. The van der Waals surface area contributed by atoms with Crippen LogP contribution in [0.25, 0.3) is 0 Å². The topological polar surface area (TPSA) is 70.8 Å². The second kappa shape index (κ2) is 11.7. The van der Waals surface area contributed by atoms with Crippen LogP contribution in [0.15, 0.2) is 4.99 Å². The first-order chi connectivity index (χ1) is 13.4. The van der Waals surface area contributed by atoms with Gasteiger partial charge < -0.3 is 19.5 Å². The second-order valence-electron chi connectivity index (χ2n) is 8.13. The molecule has 1 aromatic rings. The highest BCUT2D eigenvalue weighted by Crippen LogP contribution is 2.29. The van der Waals surface area contributed by atoms with Crippen molar-refractivity contribution in [3.63, 3.8) is 0 Å². The van der Waals surface area contributed by atoms with Gasteiger partial charge in [-0.1, -0.05) is 0 Å². The number of ether oxygens (including phenoxy) is 1. The molecule has 2 saturated heterocycles. The third-order valence-electron chi connectivity index (χ3n) is 5.32. The quantitative estimate of drug-likeness (QED) is 0.257. The maximum Gasteiger partial charge on any atom is 0.194 e. The first-order valence-electron chi connectivity index (χ1n) is 10.3. The van der Waals surface area contributed by atoms with Crippen LogP contribution < -0.4 is 5.32 Å². The Morgan fingerprint density at radius 2 is 2.00 bits per heavy atom. The average molecular weight is 538 g/mol. The number of halogens is 1. The molecule has 0 atom stereocenters. The highest BCUT2D eigenvalue weighted by atomic mass is 127. The summed E-state index contributed by atoms with van der Waals surface area (Å²) in [5.41, 5.74) is 0. The number of nitrogens with one attached hydrogen (secondary N) is 1. The molecule has 166 valence electrons. The SMILES string of the molecule is Cc1nnc(CN=C(NCCCN2CCOCC2)N2CCSC(C)(C)C2)n1C.I. The normalized spacial score (nSPS) is 20.4. The molecular formula is C19H36IN7OS. The zero-order valence-corrected chi connectivity index (χ0v) is 21.3. The van der Waals surface area contributed by atoms with Crippen molar-refractivity contribution in [1.82, 2.24) is 29.9 Å². The highest BCUT2D eigenvalue weighted by molar-refractivity contribution is 14.0. The molecule has 0 amide bonds. The van der Waals surface area contributed by atoms with Gasteiger partial charge in [0.1, 0.15) is 12.4 Å². The van der Waals surface area contributed by atoms with Crippen LogP contribution in [0.4, 0.5) is 0 Å². The van der Waals surface area contributed by atoms with Crippen LogP contribution >= 0.6 is 35.7 Å². The number of aryl methyl sites for hydroxylation is 1. The van der Waals surface area contributed by atoms with Crippen LogP contribution in [-0.2, 0) is 18.3 Å². The number of guanidine groups is 1. The van der Waals surface area contributed by atoms with E-state index in [1.54, 1.807) is 0 Å². The van der Waals surface area contributed by atoms with Gasteiger partial charge in [-0.2, -0.15) is 11.8 Å². The van der Waals surface area contributed by atoms with Gasteiger partial charge in [-0.3, -0.25) is 4.90 Å². The lowest BCUT2D eigenvalue weighted by Crippen LogP contribution is -2.51. The van der Waals surface area contributed by atoms with Gasteiger partial charge >= 0.3 is 0 Å². The zero-order chi connectivity index (χ0) is 20.0. The Bertz CT molecular complexity index is 661. The van der Waals surface area contributed by atoms with E-state index in [-0.39, 0.29) is 28.7 Å². The van der Waals surface area contributed by atoms with Gasteiger partial charge in [0.05, 0.1) is 13.2 Å². The van der Waals surface area contributed by atoms with E-state index in [9.17, 15) is 0 Å². The van der Waals surface area contributed by atoms with E-state index in [1.165, 1.54) is 0 Å². The summed E-state index contributed by atoms with van der Waals surface area (Å²) < 4.78 is 7.69. The van der Waals surface area contributed by atoms with E-state index < -0.39 is 0 Å². The summed E-state index contributed by atoms with van der Waals surface area (Å²) in [5.74, 6) is 3.94. The molecule has 0 radical (unpaired) electrons. The lowest BCUT2D eigenvalue weighted by Gasteiger charge is -2.39. The molecule has 3 rings (SSSR count). The summed E-state index contributed by atoms with van der Waals surface area (Å²) in [5, 5.41) is 12.0. The molecule has 10 heteroatoms. The molecule has 2 aliphatic rings. The summed E-state index contributed by atoms with van der Waals surface area (Å²) in [4.78, 5) is 9.78. The predicted molar refractivity (Wildman–Crippen MR) is 130 cm³/mol. The number of aromatic nitrogens is 3. The molecule has 8 nitrogen and oxygen atoms in total. The summed E-state index contributed by atoms with van der Waals surface area (Å²) >= 11 is 2.04. The maximum absolute atomic E-state index is 5.43. The van der Waals surface area contributed by atoms with Crippen molar-refractivity contribution in [2.75, 3.05) is 58.2 Å². The van der Waals surface area contributed by atoms with Gasteiger partial charge in [0, 0.05) is 50.3 Å². The number of morpholine rings is 1. The van der Waals surface area contributed by atoms with Crippen LogP contribution in [-0.4, -0.2) is 93.5 Å². The van der Waals surface area contributed by atoms with Crippen molar-refractivity contribution in [2.45, 2.75) is 38.5 Å². The van der Waals surface area contributed by atoms with Crippen molar-refractivity contribution in [3.8, 4) is 0 Å². The number of thioether (sulfide) groups is 1. The molecule has 2 aliphatic heterocycles. The summed E-state index contributed by atoms with van der Waals surface area (Å²) in [6.07, 6.45) is 1.11. The molecule has 29 heavy (non-hydrogen) atoms. The van der Waals surface area contributed by atoms with Crippen molar-refractivity contribution >= 4 is 41.7 Å². The van der Waals surface area contributed by atoms with Crippen LogP contribution in [0, 0.1) is 6.92 Å². The molecule has 1 N–H and O–H groups in total. The number of hydrogen-bond acceptors (Lipinski definition) is 6. The molecule has 0 aliphatic carbocycles. The van der Waals surface area contributed by atoms with Crippen LogP contribution in [0.1, 0.15) is 31.9 Å². The number of rotatable bonds is 6. The van der Waals surface area contributed by atoms with Gasteiger partial charge in [0.15, 0.2) is 11.8 Å². The first kappa shape index (κ1) is 24.7. The van der Waals surface area contributed by atoms with E-state index in [1.807, 2.05) is 30.3 Å². The Morgan fingerprint density at radius 3 is 2.66 bits per heavy atom. The summed E-state index contributed by atoms with van der Waals surface area (Å²) in [7, 11) is 2.00. The van der Waals surface area contributed by atoms with Gasteiger partial charge in [-0.15, -0.1) is 34.2 Å². The van der Waals surface area contributed by atoms with Crippen LogP contribution in [0.5, 0.6) is 0 Å². The molecule has 0 aromatic carbocycles. The average Bonchev–Trinajstić information content (AvgIpc) is 2.99. The Balaban J connectivity index is 0.00000300. The number of nitrogens with zero attached hydrogens (tertiary/aromatic N) is 6. The fourth-order valence-corrected chi connectivity index (χ4v) is 4.64. The lowest BCUT2D eigenvalue weighted by atomic mass is 10.2. The molecular weight excluding hydrogens is 501 g/mol.